The van der Waals surface area contributed by atoms with Crippen LogP contribution in [0.25, 0.3) is 0 Å². The maximum Gasteiger partial charge on any atom is 0.253 e. The molecule has 1 aromatic rings. The van der Waals surface area contributed by atoms with E-state index in [0.29, 0.717) is 13.0 Å². The molecule has 0 saturated heterocycles. The number of amides is 2. The molecule has 0 spiro atoms. The lowest BCUT2D eigenvalue weighted by atomic mass is 10.1. The first kappa shape index (κ1) is 16.5. The smallest absolute Gasteiger partial charge is 0.253 e. The van der Waals surface area contributed by atoms with Gasteiger partial charge in [-0.2, -0.15) is 0 Å². The summed E-state index contributed by atoms with van der Waals surface area (Å²) < 4.78 is 6.03. The molecule has 2 rings (SSSR count). The van der Waals surface area contributed by atoms with E-state index >= 15 is 0 Å². The molecule has 1 aromatic carbocycles. The van der Waals surface area contributed by atoms with Gasteiger partial charge in [0, 0.05) is 13.0 Å². The Kier molecular flexibility index (Phi) is 6.40. The summed E-state index contributed by atoms with van der Waals surface area (Å²) in [6, 6.07) is 9.54. The van der Waals surface area contributed by atoms with E-state index in [0.717, 1.165) is 31.2 Å². The topological polar surface area (TPSA) is 81.4 Å². The standard InChI is InChI=1S/C17H24N2O3/c18-15(20)11-6-12-19-17(21)16(13-7-2-1-3-8-13)22-14-9-4-5-10-14/h1-3,7-8,14,16H,4-6,9-12H2,(H2,18,20)(H,19,21)/t16-/m0/s1. The fraction of sp³-hybridized carbons (Fsp3) is 0.529. The molecule has 1 saturated carbocycles. The van der Waals surface area contributed by atoms with Gasteiger partial charge in [0.15, 0.2) is 6.10 Å². The van der Waals surface area contributed by atoms with Crippen molar-refractivity contribution in [3.63, 3.8) is 0 Å². The maximum absolute atomic E-state index is 12.4. The van der Waals surface area contributed by atoms with Crippen LogP contribution in [0.3, 0.4) is 0 Å². The van der Waals surface area contributed by atoms with Crippen molar-refractivity contribution >= 4 is 11.8 Å². The van der Waals surface area contributed by atoms with Gasteiger partial charge in [-0.25, -0.2) is 0 Å². The normalized spacial score (nSPS) is 16.4. The van der Waals surface area contributed by atoms with E-state index in [9.17, 15) is 9.59 Å². The summed E-state index contributed by atoms with van der Waals surface area (Å²) >= 11 is 0. The van der Waals surface area contributed by atoms with Crippen LogP contribution >= 0.6 is 0 Å². The van der Waals surface area contributed by atoms with E-state index in [-0.39, 0.29) is 24.3 Å². The summed E-state index contributed by atoms with van der Waals surface area (Å²) in [4.78, 5) is 23.1. The third-order valence-electron chi connectivity index (χ3n) is 3.87. The molecular weight excluding hydrogens is 280 g/mol. The van der Waals surface area contributed by atoms with E-state index in [2.05, 4.69) is 5.32 Å². The summed E-state index contributed by atoms with van der Waals surface area (Å²) in [7, 11) is 0. The zero-order chi connectivity index (χ0) is 15.8. The number of hydrogen-bond acceptors (Lipinski definition) is 3. The first-order valence-electron chi connectivity index (χ1n) is 7.93. The highest BCUT2D eigenvalue weighted by atomic mass is 16.5. The predicted octanol–water partition coefficient (Wildman–Crippen LogP) is 2.07. The van der Waals surface area contributed by atoms with Gasteiger partial charge in [-0.05, 0) is 24.8 Å². The number of nitrogens with one attached hydrogen (secondary N) is 1. The molecule has 120 valence electrons. The Morgan fingerprint density at radius 3 is 2.55 bits per heavy atom. The van der Waals surface area contributed by atoms with E-state index in [1.807, 2.05) is 30.3 Å². The third-order valence-corrected chi connectivity index (χ3v) is 3.87. The summed E-state index contributed by atoms with van der Waals surface area (Å²) in [6.07, 6.45) is 4.74. The van der Waals surface area contributed by atoms with Gasteiger partial charge >= 0.3 is 0 Å². The number of hydrogen-bond donors (Lipinski definition) is 2. The molecule has 5 nitrogen and oxygen atoms in total. The number of benzene rings is 1. The minimum absolute atomic E-state index is 0.150. The molecule has 22 heavy (non-hydrogen) atoms. The SMILES string of the molecule is NC(=O)CCCNC(=O)[C@@H](OC1CCCC1)c1ccccc1. The average Bonchev–Trinajstić information content (AvgIpc) is 3.03. The second-order valence-corrected chi connectivity index (χ2v) is 5.69. The van der Waals surface area contributed by atoms with Crippen LogP contribution in [0.15, 0.2) is 30.3 Å². The Hall–Kier alpha value is -1.88. The number of primary amides is 1. The fourth-order valence-electron chi connectivity index (χ4n) is 2.70. The van der Waals surface area contributed by atoms with Crippen LogP contribution in [0.4, 0.5) is 0 Å². The van der Waals surface area contributed by atoms with Crippen LogP contribution in [-0.2, 0) is 14.3 Å². The Morgan fingerprint density at radius 1 is 1.23 bits per heavy atom. The Balaban J connectivity index is 1.94. The highest BCUT2D eigenvalue weighted by Crippen LogP contribution is 2.28. The predicted molar refractivity (Wildman–Crippen MR) is 84.0 cm³/mol. The van der Waals surface area contributed by atoms with Crippen LogP contribution in [-0.4, -0.2) is 24.5 Å². The maximum atomic E-state index is 12.4. The molecule has 1 aliphatic rings. The number of carbonyl (C=O) groups excluding carboxylic acids is 2. The zero-order valence-electron chi connectivity index (χ0n) is 12.8. The Labute approximate surface area is 131 Å². The first-order chi connectivity index (χ1) is 10.7. The van der Waals surface area contributed by atoms with Gasteiger partial charge in [0.25, 0.3) is 5.91 Å². The summed E-state index contributed by atoms with van der Waals surface area (Å²) in [5, 5.41) is 2.84. The minimum atomic E-state index is -0.585. The lowest BCUT2D eigenvalue weighted by Gasteiger charge is -2.22. The highest BCUT2D eigenvalue weighted by Gasteiger charge is 2.26. The number of carbonyl (C=O) groups is 2. The molecule has 3 N–H and O–H groups in total. The van der Waals surface area contributed by atoms with Gasteiger partial charge in [-0.1, -0.05) is 43.2 Å². The summed E-state index contributed by atoms with van der Waals surface area (Å²) in [5.41, 5.74) is 5.96. The first-order valence-corrected chi connectivity index (χ1v) is 7.93. The van der Waals surface area contributed by atoms with Crippen LogP contribution in [0.1, 0.15) is 50.2 Å². The van der Waals surface area contributed by atoms with Crippen LogP contribution in [0, 0.1) is 0 Å². The monoisotopic (exact) mass is 304 g/mol. The van der Waals surface area contributed by atoms with Gasteiger partial charge in [0.2, 0.25) is 5.91 Å². The van der Waals surface area contributed by atoms with Crippen molar-refractivity contribution in [2.24, 2.45) is 5.73 Å². The highest BCUT2D eigenvalue weighted by molar-refractivity contribution is 5.82. The van der Waals surface area contributed by atoms with Crippen molar-refractivity contribution in [1.29, 1.82) is 0 Å². The van der Waals surface area contributed by atoms with Gasteiger partial charge in [0.05, 0.1) is 6.10 Å². The van der Waals surface area contributed by atoms with Crippen molar-refractivity contribution in [3.8, 4) is 0 Å². The Bertz CT molecular complexity index is 484. The van der Waals surface area contributed by atoms with Crippen LogP contribution < -0.4 is 11.1 Å². The molecule has 1 atom stereocenters. The fourth-order valence-corrected chi connectivity index (χ4v) is 2.70. The van der Waals surface area contributed by atoms with Crippen molar-refractivity contribution < 1.29 is 14.3 Å². The number of ether oxygens (including phenoxy) is 1. The minimum Gasteiger partial charge on any atom is -0.370 e. The van der Waals surface area contributed by atoms with Gasteiger partial charge in [-0.3, -0.25) is 9.59 Å². The average molecular weight is 304 g/mol. The van der Waals surface area contributed by atoms with E-state index in [1.54, 1.807) is 0 Å². The second-order valence-electron chi connectivity index (χ2n) is 5.69. The molecule has 0 heterocycles. The van der Waals surface area contributed by atoms with Crippen molar-refractivity contribution in [3.05, 3.63) is 35.9 Å². The summed E-state index contributed by atoms with van der Waals surface area (Å²) in [5.74, 6) is -0.501. The molecule has 1 fully saturated rings. The van der Waals surface area contributed by atoms with E-state index < -0.39 is 6.10 Å². The van der Waals surface area contributed by atoms with Gasteiger partial charge in [0.1, 0.15) is 0 Å². The molecule has 0 bridgehead atoms. The molecule has 1 aliphatic carbocycles. The summed E-state index contributed by atoms with van der Waals surface area (Å²) in [6.45, 7) is 0.430. The van der Waals surface area contributed by atoms with Crippen molar-refractivity contribution in [2.45, 2.75) is 50.7 Å². The van der Waals surface area contributed by atoms with Gasteiger partial charge in [-0.15, -0.1) is 0 Å². The molecule has 0 aromatic heterocycles. The molecule has 0 unspecified atom stereocenters. The molecule has 5 heteroatoms. The quantitative estimate of drug-likeness (QED) is 0.721. The third kappa shape index (κ3) is 5.15. The molecule has 0 radical (unpaired) electrons. The van der Waals surface area contributed by atoms with Crippen molar-refractivity contribution in [1.82, 2.24) is 5.32 Å². The van der Waals surface area contributed by atoms with Crippen LogP contribution in [0.2, 0.25) is 0 Å². The molecule has 2 amide bonds. The lowest BCUT2D eigenvalue weighted by Crippen LogP contribution is -2.33. The second kappa shape index (κ2) is 8.54. The van der Waals surface area contributed by atoms with Gasteiger partial charge < -0.3 is 15.8 Å². The van der Waals surface area contributed by atoms with Crippen molar-refractivity contribution in [2.75, 3.05) is 6.54 Å². The van der Waals surface area contributed by atoms with E-state index in [1.165, 1.54) is 0 Å². The molecule has 0 aliphatic heterocycles. The van der Waals surface area contributed by atoms with Crippen LogP contribution in [0.5, 0.6) is 0 Å². The number of nitrogens with two attached hydrogens (primary N) is 1. The zero-order valence-corrected chi connectivity index (χ0v) is 12.8. The lowest BCUT2D eigenvalue weighted by molar-refractivity contribution is -0.137. The largest absolute Gasteiger partial charge is 0.370 e. The Morgan fingerprint density at radius 2 is 1.91 bits per heavy atom. The number of rotatable bonds is 8. The molecular formula is C17H24N2O3. The van der Waals surface area contributed by atoms with E-state index in [4.69, 9.17) is 10.5 Å².